The van der Waals surface area contributed by atoms with E-state index in [1.807, 2.05) is 7.11 Å². The van der Waals surface area contributed by atoms with Crippen LogP contribution in [0.2, 0.25) is 0 Å². The molecule has 0 aromatic carbocycles. The molecule has 1 unspecified atom stereocenters. The van der Waals surface area contributed by atoms with Crippen molar-refractivity contribution in [2.45, 2.75) is 77.2 Å². The van der Waals surface area contributed by atoms with Gasteiger partial charge in [-0.2, -0.15) is 0 Å². The van der Waals surface area contributed by atoms with Gasteiger partial charge in [-0.3, -0.25) is 0 Å². The molecule has 1 atom stereocenters. The molecule has 0 aromatic heterocycles. The zero-order valence-corrected chi connectivity index (χ0v) is 11.9. The van der Waals surface area contributed by atoms with E-state index in [0.717, 1.165) is 18.7 Å². The van der Waals surface area contributed by atoms with E-state index >= 15 is 0 Å². The fourth-order valence-electron chi connectivity index (χ4n) is 2.01. The van der Waals surface area contributed by atoms with E-state index in [9.17, 15) is 0 Å². The lowest BCUT2D eigenvalue weighted by Gasteiger charge is -2.14. The van der Waals surface area contributed by atoms with Crippen LogP contribution in [0.4, 0.5) is 0 Å². The summed E-state index contributed by atoms with van der Waals surface area (Å²) in [5, 5.41) is 0. The molecular formula is C14H29ClO. The summed E-state index contributed by atoms with van der Waals surface area (Å²) in [4.78, 5) is 0. The number of ether oxygens (including phenoxy) is 1. The molecule has 98 valence electrons. The Bertz CT molecular complexity index is 128. The van der Waals surface area contributed by atoms with Crippen molar-refractivity contribution in [1.29, 1.82) is 0 Å². The lowest BCUT2D eigenvalue weighted by atomic mass is 10.0. The second-order valence-corrected chi connectivity index (χ2v) is 4.98. The van der Waals surface area contributed by atoms with Crippen LogP contribution in [-0.4, -0.2) is 19.1 Å². The highest BCUT2D eigenvalue weighted by molar-refractivity contribution is 6.17. The Morgan fingerprint density at radius 2 is 1.44 bits per heavy atom. The number of hydrogen-bond donors (Lipinski definition) is 0. The van der Waals surface area contributed by atoms with Crippen LogP contribution in [0.25, 0.3) is 0 Å². The van der Waals surface area contributed by atoms with Crippen LogP contribution in [0.5, 0.6) is 0 Å². The molecule has 0 amide bonds. The molecule has 16 heavy (non-hydrogen) atoms. The normalized spacial score (nSPS) is 12.9. The van der Waals surface area contributed by atoms with E-state index < -0.39 is 0 Å². The molecule has 0 spiro atoms. The number of halogens is 1. The van der Waals surface area contributed by atoms with Gasteiger partial charge in [0.25, 0.3) is 0 Å². The molecule has 0 bridgehead atoms. The molecule has 0 aliphatic carbocycles. The highest BCUT2D eigenvalue weighted by atomic mass is 35.5. The average Bonchev–Trinajstić information content (AvgIpc) is 2.32. The minimum absolute atomic E-state index is 0.439. The third kappa shape index (κ3) is 10.8. The van der Waals surface area contributed by atoms with Crippen molar-refractivity contribution in [2.75, 3.05) is 13.0 Å². The number of methoxy groups -OCH3 is 1. The van der Waals surface area contributed by atoms with Gasteiger partial charge in [0.1, 0.15) is 0 Å². The number of hydrogen-bond acceptors (Lipinski definition) is 1. The quantitative estimate of drug-likeness (QED) is 0.342. The van der Waals surface area contributed by atoms with Gasteiger partial charge in [0.05, 0.1) is 6.10 Å². The molecule has 0 saturated carbocycles. The van der Waals surface area contributed by atoms with E-state index in [4.69, 9.17) is 16.3 Å². The van der Waals surface area contributed by atoms with Crippen LogP contribution in [0.15, 0.2) is 0 Å². The van der Waals surface area contributed by atoms with Gasteiger partial charge in [0, 0.05) is 13.0 Å². The zero-order chi connectivity index (χ0) is 12.1. The molecule has 0 fully saturated rings. The van der Waals surface area contributed by atoms with Gasteiger partial charge in [-0.05, 0) is 19.3 Å². The Morgan fingerprint density at radius 3 is 2.00 bits per heavy atom. The lowest BCUT2D eigenvalue weighted by Crippen LogP contribution is -2.10. The third-order valence-corrected chi connectivity index (χ3v) is 3.39. The predicted octanol–water partition coefficient (Wildman–Crippen LogP) is 5.16. The molecular weight excluding hydrogens is 220 g/mol. The van der Waals surface area contributed by atoms with E-state index in [2.05, 4.69) is 6.92 Å². The number of alkyl halides is 1. The summed E-state index contributed by atoms with van der Waals surface area (Å²) < 4.78 is 5.44. The molecule has 0 saturated heterocycles. The van der Waals surface area contributed by atoms with Gasteiger partial charge >= 0.3 is 0 Å². The Morgan fingerprint density at radius 1 is 0.875 bits per heavy atom. The summed E-state index contributed by atoms with van der Waals surface area (Å²) in [5.41, 5.74) is 0. The van der Waals surface area contributed by atoms with Gasteiger partial charge in [0.15, 0.2) is 0 Å². The Labute approximate surface area is 107 Å². The van der Waals surface area contributed by atoms with Gasteiger partial charge < -0.3 is 4.74 Å². The first-order valence-electron chi connectivity index (χ1n) is 6.93. The van der Waals surface area contributed by atoms with E-state index in [1.54, 1.807) is 0 Å². The Hall–Kier alpha value is 0.250. The summed E-state index contributed by atoms with van der Waals surface area (Å²) in [6.07, 6.45) is 13.5. The highest BCUT2D eigenvalue weighted by Crippen LogP contribution is 2.14. The molecule has 0 heterocycles. The second-order valence-electron chi connectivity index (χ2n) is 4.60. The molecule has 0 rings (SSSR count). The van der Waals surface area contributed by atoms with Crippen molar-refractivity contribution < 1.29 is 4.74 Å². The highest BCUT2D eigenvalue weighted by Gasteiger charge is 2.05. The van der Waals surface area contributed by atoms with Crippen LogP contribution in [0.3, 0.4) is 0 Å². The molecule has 0 aromatic rings. The zero-order valence-electron chi connectivity index (χ0n) is 11.1. The van der Waals surface area contributed by atoms with E-state index in [0.29, 0.717) is 6.10 Å². The second kappa shape index (κ2) is 13.3. The van der Waals surface area contributed by atoms with Crippen LogP contribution >= 0.6 is 11.6 Å². The first-order valence-corrected chi connectivity index (χ1v) is 7.47. The maximum absolute atomic E-state index is 5.68. The van der Waals surface area contributed by atoms with Crippen molar-refractivity contribution in [1.82, 2.24) is 0 Å². The van der Waals surface area contributed by atoms with Crippen molar-refractivity contribution in [3.8, 4) is 0 Å². The summed E-state index contributed by atoms with van der Waals surface area (Å²) >= 11 is 5.68. The van der Waals surface area contributed by atoms with Crippen LogP contribution in [0, 0.1) is 0 Å². The largest absolute Gasteiger partial charge is 0.381 e. The minimum Gasteiger partial charge on any atom is -0.381 e. The van der Waals surface area contributed by atoms with Crippen LogP contribution in [0.1, 0.15) is 71.1 Å². The standard InChI is InChI=1S/C14H29ClO/c1-3-4-5-6-7-8-9-11-14(16-2)12-10-13-15/h14H,3-13H2,1-2H3. The molecule has 2 heteroatoms. The van der Waals surface area contributed by atoms with Crippen molar-refractivity contribution in [3.63, 3.8) is 0 Å². The van der Waals surface area contributed by atoms with Crippen molar-refractivity contribution in [3.05, 3.63) is 0 Å². The lowest BCUT2D eigenvalue weighted by molar-refractivity contribution is 0.0851. The maximum Gasteiger partial charge on any atom is 0.0571 e. The summed E-state index contributed by atoms with van der Waals surface area (Å²) in [6.45, 7) is 2.26. The van der Waals surface area contributed by atoms with Crippen LogP contribution in [-0.2, 0) is 4.74 Å². The molecule has 0 aliphatic heterocycles. The van der Waals surface area contributed by atoms with Crippen LogP contribution < -0.4 is 0 Å². The number of rotatable bonds is 12. The fourth-order valence-corrected chi connectivity index (χ4v) is 2.17. The molecule has 1 nitrogen and oxygen atoms in total. The topological polar surface area (TPSA) is 9.23 Å². The first kappa shape index (κ1) is 16.2. The molecule has 0 aliphatic rings. The number of unbranched alkanes of at least 4 members (excludes halogenated alkanes) is 6. The summed E-state index contributed by atoms with van der Waals surface area (Å²) in [7, 11) is 1.82. The van der Waals surface area contributed by atoms with Gasteiger partial charge in [-0.25, -0.2) is 0 Å². The SMILES string of the molecule is CCCCCCCCCC(CCCCl)OC. The van der Waals surface area contributed by atoms with Crippen molar-refractivity contribution in [2.24, 2.45) is 0 Å². The Kier molecular flexibility index (Phi) is 13.5. The minimum atomic E-state index is 0.439. The van der Waals surface area contributed by atoms with Crippen molar-refractivity contribution >= 4 is 11.6 Å². The smallest absolute Gasteiger partial charge is 0.0571 e. The molecule has 0 radical (unpaired) electrons. The predicted molar refractivity (Wildman–Crippen MR) is 73.4 cm³/mol. The van der Waals surface area contributed by atoms with Gasteiger partial charge in [-0.15, -0.1) is 11.6 Å². The molecule has 0 N–H and O–H groups in total. The first-order chi connectivity index (χ1) is 7.85. The third-order valence-electron chi connectivity index (χ3n) is 3.12. The van der Waals surface area contributed by atoms with Gasteiger partial charge in [-0.1, -0.05) is 51.9 Å². The summed E-state index contributed by atoms with van der Waals surface area (Å²) in [6, 6.07) is 0. The maximum atomic E-state index is 5.68. The average molecular weight is 249 g/mol. The monoisotopic (exact) mass is 248 g/mol. The van der Waals surface area contributed by atoms with Gasteiger partial charge in [0.2, 0.25) is 0 Å². The fraction of sp³-hybridized carbons (Fsp3) is 1.00. The Balaban J connectivity index is 3.20. The van der Waals surface area contributed by atoms with E-state index in [-0.39, 0.29) is 0 Å². The summed E-state index contributed by atoms with van der Waals surface area (Å²) in [5.74, 6) is 0.761. The van der Waals surface area contributed by atoms with E-state index in [1.165, 1.54) is 51.4 Å².